The molecule has 2 rings (SSSR count). The van der Waals surface area contributed by atoms with E-state index in [-0.39, 0.29) is 5.41 Å². The average molecular weight is 246 g/mol. The van der Waals surface area contributed by atoms with Crippen LogP contribution in [-0.4, -0.2) is 19.1 Å². The van der Waals surface area contributed by atoms with E-state index in [1.54, 1.807) is 0 Å². The lowest BCUT2D eigenvalue weighted by Gasteiger charge is -2.37. The molecule has 0 bridgehead atoms. The molecule has 1 aliphatic rings. The Morgan fingerprint density at radius 1 is 1.22 bits per heavy atom. The van der Waals surface area contributed by atoms with Gasteiger partial charge in [0, 0.05) is 18.6 Å². The van der Waals surface area contributed by atoms with Crippen LogP contribution in [-0.2, 0) is 0 Å². The highest BCUT2D eigenvalue weighted by molar-refractivity contribution is 5.21. The molecule has 0 aliphatic carbocycles. The monoisotopic (exact) mass is 246 g/mol. The summed E-state index contributed by atoms with van der Waals surface area (Å²) in [5.74, 6) is 0. The van der Waals surface area contributed by atoms with Crippen LogP contribution in [0.25, 0.3) is 0 Å². The summed E-state index contributed by atoms with van der Waals surface area (Å²) < 4.78 is 0. The molecule has 2 nitrogen and oxygen atoms in total. The van der Waals surface area contributed by atoms with Crippen LogP contribution < -0.4 is 10.6 Å². The summed E-state index contributed by atoms with van der Waals surface area (Å²) in [6, 6.07) is 11.8. The minimum absolute atomic E-state index is 0.235. The van der Waals surface area contributed by atoms with E-state index in [0.717, 1.165) is 6.54 Å². The maximum Gasteiger partial charge on any atom is 0.0371 e. The van der Waals surface area contributed by atoms with Crippen LogP contribution in [0.5, 0.6) is 0 Å². The van der Waals surface area contributed by atoms with Crippen LogP contribution in [0.1, 0.15) is 45.2 Å². The van der Waals surface area contributed by atoms with Gasteiger partial charge in [0.25, 0.3) is 0 Å². The molecule has 2 N–H and O–H groups in total. The molecule has 2 heteroatoms. The zero-order valence-electron chi connectivity index (χ0n) is 11.9. The first-order chi connectivity index (χ1) is 8.57. The fourth-order valence-electron chi connectivity index (χ4n) is 2.72. The van der Waals surface area contributed by atoms with E-state index in [2.05, 4.69) is 61.7 Å². The zero-order valence-corrected chi connectivity index (χ0v) is 11.9. The SMILES string of the molecule is CC(C)(C)C(NC1CCCNC1)c1ccccc1. The Bertz CT molecular complexity index is 347. The lowest BCUT2D eigenvalue weighted by molar-refractivity contribution is 0.231. The van der Waals surface area contributed by atoms with Crippen molar-refractivity contribution in [1.82, 2.24) is 10.6 Å². The molecule has 1 saturated heterocycles. The average Bonchev–Trinajstić information content (AvgIpc) is 2.37. The summed E-state index contributed by atoms with van der Waals surface area (Å²) in [5.41, 5.74) is 1.63. The van der Waals surface area contributed by atoms with Crippen molar-refractivity contribution in [3.63, 3.8) is 0 Å². The quantitative estimate of drug-likeness (QED) is 0.856. The summed E-state index contributed by atoms with van der Waals surface area (Å²) in [6.45, 7) is 9.21. The predicted molar refractivity (Wildman–Crippen MR) is 77.7 cm³/mol. The molecule has 1 aliphatic heterocycles. The molecule has 1 heterocycles. The molecule has 0 saturated carbocycles. The third-order valence-electron chi connectivity index (χ3n) is 3.70. The van der Waals surface area contributed by atoms with Gasteiger partial charge in [-0.25, -0.2) is 0 Å². The molecular weight excluding hydrogens is 220 g/mol. The molecule has 0 radical (unpaired) electrons. The Balaban J connectivity index is 2.11. The van der Waals surface area contributed by atoms with E-state index in [1.165, 1.54) is 24.9 Å². The Morgan fingerprint density at radius 2 is 1.94 bits per heavy atom. The molecule has 2 unspecified atom stereocenters. The lowest BCUT2D eigenvalue weighted by Crippen LogP contribution is -2.47. The maximum atomic E-state index is 3.85. The number of hydrogen-bond acceptors (Lipinski definition) is 2. The van der Waals surface area contributed by atoms with Gasteiger partial charge in [0.05, 0.1) is 0 Å². The van der Waals surface area contributed by atoms with Gasteiger partial charge >= 0.3 is 0 Å². The second kappa shape index (κ2) is 5.85. The lowest BCUT2D eigenvalue weighted by atomic mass is 9.81. The summed E-state index contributed by atoms with van der Waals surface area (Å²) in [7, 11) is 0. The van der Waals surface area contributed by atoms with Crippen molar-refractivity contribution in [1.29, 1.82) is 0 Å². The van der Waals surface area contributed by atoms with Gasteiger partial charge in [0.15, 0.2) is 0 Å². The van der Waals surface area contributed by atoms with Crippen molar-refractivity contribution in [2.75, 3.05) is 13.1 Å². The van der Waals surface area contributed by atoms with Gasteiger partial charge in [-0.3, -0.25) is 0 Å². The van der Waals surface area contributed by atoms with Crippen LogP contribution in [0.2, 0.25) is 0 Å². The van der Waals surface area contributed by atoms with Gasteiger partial charge in [0.1, 0.15) is 0 Å². The fourth-order valence-corrected chi connectivity index (χ4v) is 2.72. The van der Waals surface area contributed by atoms with Crippen molar-refractivity contribution < 1.29 is 0 Å². The molecule has 0 spiro atoms. The molecule has 1 fully saturated rings. The van der Waals surface area contributed by atoms with E-state index in [1.807, 2.05) is 0 Å². The molecule has 1 aromatic carbocycles. The van der Waals surface area contributed by atoms with Gasteiger partial charge in [-0.2, -0.15) is 0 Å². The highest BCUT2D eigenvalue weighted by Crippen LogP contribution is 2.33. The molecule has 100 valence electrons. The van der Waals surface area contributed by atoms with Crippen molar-refractivity contribution in [2.24, 2.45) is 5.41 Å². The Morgan fingerprint density at radius 3 is 2.50 bits per heavy atom. The molecule has 0 amide bonds. The van der Waals surface area contributed by atoms with Crippen LogP contribution in [0, 0.1) is 5.41 Å². The number of benzene rings is 1. The second-order valence-corrected chi connectivity index (χ2v) is 6.42. The van der Waals surface area contributed by atoms with Gasteiger partial charge < -0.3 is 10.6 Å². The Kier molecular flexibility index (Phi) is 4.41. The van der Waals surface area contributed by atoms with Crippen LogP contribution in [0.3, 0.4) is 0 Å². The Hall–Kier alpha value is -0.860. The van der Waals surface area contributed by atoms with Gasteiger partial charge in [-0.15, -0.1) is 0 Å². The first kappa shape index (κ1) is 13.6. The summed E-state index contributed by atoms with van der Waals surface area (Å²) in [4.78, 5) is 0. The minimum atomic E-state index is 0.235. The smallest absolute Gasteiger partial charge is 0.0371 e. The standard InChI is InChI=1S/C16H26N2/c1-16(2,3)15(13-8-5-4-6-9-13)18-14-10-7-11-17-12-14/h4-6,8-9,14-15,17-18H,7,10-12H2,1-3H3. The van der Waals surface area contributed by atoms with Crippen molar-refractivity contribution in [2.45, 2.75) is 45.7 Å². The number of nitrogens with one attached hydrogen (secondary N) is 2. The molecule has 1 aromatic rings. The molecule has 0 aromatic heterocycles. The Labute approximate surface area is 111 Å². The third kappa shape index (κ3) is 3.56. The topological polar surface area (TPSA) is 24.1 Å². The number of rotatable bonds is 3. The van der Waals surface area contributed by atoms with Crippen LogP contribution in [0.15, 0.2) is 30.3 Å². The van der Waals surface area contributed by atoms with Gasteiger partial charge in [0.2, 0.25) is 0 Å². The highest BCUT2D eigenvalue weighted by atomic mass is 15.0. The molecule has 2 atom stereocenters. The van der Waals surface area contributed by atoms with E-state index < -0.39 is 0 Å². The van der Waals surface area contributed by atoms with Crippen molar-refractivity contribution in [3.8, 4) is 0 Å². The summed E-state index contributed by atoms with van der Waals surface area (Å²) >= 11 is 0. The predicted octanol–water partition coefficient (Wildman–Crippen LogP) is 3.12. The number of piperidine rings is 1. The normalized spacial score (nSPS) is 22.7. The van der Waals surface area contributed by atoms with Gasteiger partial charge in [-0.1, -0.05) is 51.1 Å². The van der Waals surface area contributed by atoms with Gasteiger partial charge in [-0.05, 0) is 30.4 Å². The van der Waals surface area contributed by atoms with E-state index in [0.29, 0.717) is 12.1 Å². The number of hydrogen-bond donors (Lipinski definition) is 2. The van der Waals surface area contributed by atoms with E-state index in [9.17, 15) is 0 Å². The van der Waals surface area contributed by atoms with Crippen molar-refractivity contribution >= 4 is 0 Å². The van der Waals surface area contributed by atoms with Crippen LogP contribution >= 0.6 is 0 Å². The van der Waals surface area contributed by atoms with E-state index in [4.69, 9.17) is 0 Å². The largest absolute Gasteiger partial charge is 0.315 e. The fraction of sp³-hybridized carbons (Fsp3) is 0.625. The van der Waals surface area contributed by atoms with Crippen LogP contribution in [0.4, 0.5) is 0 Å². The maximum absolute atomic E-state index is 3.85. The minimum Gasteiger partial charge on any atom is -0.315 e. The first-order valence-corrected chi connectivity index (χ1v) is 7.09. The third-order valence-corrected chi connectivity index (χ3v) is 3.70. The summed E-state index contributed by atoms with van der Waals surface area (Å²) in [5, 5.41) is 7.33. The second-order valence-electron chi connectivity index (χ2n) is 6.42. The summed E-state index contributed by atoms with van der Waals surface area (Å²) in [6.07, 6.45) is 2.57. The molecular formula is C16H26N2. The zero-order chi connectivity index (χ0) is 13.0. The van der Waals surface area contributed by atoms with E-state index >= 15 is 0 Å². The molecule has 18 heavy (non-hydrogen) atoms. The highest BCUT2D eigenvalue weighted by Gasteiger charge is 2.28. The first-order valence-electron chi connectivity index (χ1n) is 7.09. The van der Waals surface area contributed by atoms with Crippen molar-refractivity contribution in [3.05, 3.63) is 35.9 Å².